The maximum atomic E-state index is 13.0. The Balaban J connectivity index is 2.60. The first kappa shape index (κ1) is 17.0. The van der Waals surface area contributed by atoms with Crippen molar-refractivity contribution in [3.8, 4) is 0 Å². The van der Waals surface area contributed by atoms with E-state index in [1.54, 1.807) is 44.3 Å². The summed E-state index contributed by atoms with van der Waals surface area (Å²) in [4.78, 5) is 12.1. The van der Waals surface area contributed by atoms with Gasteiger partial charge in [0.25, 0.3) is 10.0 Å². The Bertz CT molecular complexity index is 771. The lowest BCUT2D eigenvalue weighted by Gasteiger charge is -2.29. The highest BCUT2D eigenvalue weighted by Gasteiger charge is 2.36. The van der Waals surface area contributed by atoms with Crippen LogP contribution in [0.15, 0.2) is 47.6 Å². The van der Waals surface area contributed by atoms with Crippen LogP contribution >= 0.6 is 0 Å². The van der Waals surface area contributed by atoms with Gasteiger partial charge in [0.1, 0.15) is 10.9 Å². The van der Waals surface area contributed by atoms with Crippen molar-refractivity contribution in [2.24, 2.45) is 7.05 Å². The number of rotatable bonds is 6. The van der Waals surface area contributed by atoms with Crippen molar-refractivity contribution in [1.82, 2.24) is 9.78 Å². The second kappa shape index (κ2) is 6.82. The van der Waals surface area contributed by atoms with Crippen LogP contribution in [0.1, 0.15) is 13.3 Å². The predicted molar refractivity (Wildman–Crippen MR) is 85.4 cm³/mol. The lowest BCUT2D eigenvalue weighted by molar-refractivity contribution is -0.142. The monoisotopic (exact) mass is 337 g/mol. The maximum Gasteiger partial charge on any atom is 0.329 e. The van der Waals surface area contributed by atoms with Crippen molar-refractivity contribution >= 4 is 21.7 Å². The van der Waals surface area contributed by atoms with Crippen molar-refractivity contribution in [1.29, 1.82) is 0 Å². The van der Waals surface area contributed by atoms with Gasteiger partial charge in [0.05, 0.1) is 19.0 Å². The van der Waals surface area contributed by atoms with E-state index in [4.69, 9.17) is 4.74 Å². The average molecular weight is 337 g/mol. The first-order chi connectivity index (χ1) is 10.9. The lowest BCUT2D eigenvalue weighted by atomic mass is 10.2. The Labute approximate surface area is 135 Å². The number of carbonyl (C=O) groups is 1. The van der Waals surface area contributed by atoms with Crippen LogP contribution in [-0.4, -0.2) is 37.3 Å². The van der Waals surface area contributed by atoms with E-state index in [1.807, 2.05) is 0 Å². The summed E-state index contributed by atoms with van der Waals surface area (Å²) in [5, 5.41) is 3.90. The zero-order valence-corrected chi connectivity index (χ0v) is 14.0. The van der Waals surface area contributed by atoms with Crippen molar-refractivity contribution in [3.63, 3.8) is 0 Å². The molecule has 124 valence electrons. The summed E-state index contributed by atoms with van der Waals surface area (Å²) >= 11 is 0. The third-order valence-corrected chi connectivity index (χ3v) is 5.18. The number of nitrogens with zero attached hydrogens (tertiary/aromatic N) is 3. The van der Waals surface area contributed by atoms with Crippen molar-refractivity contribution in [2.75, 3.05) is 11.4 Å². The molecule has 0 spiro atoms. The number of methoxy groups -OCH3 is 1. The second-order valence-corrected chi connectivity index (χ2v) is 6.75. The van der Waals surface area contributed by atoms with Gasteiger partial charge in [0.15, 0.2) is 0 Å². The molecule has 0 saturated carbocycles. The summed E-state index contributed by atoms with van der Waals surface area (Å²) in [6, 6.07) is 7.53. The Morgan fingerprint density at radius 2 is 2.00 bits per heavy atom. The van der Waals surface area contributed by atoms with E-state index >= 15 is 0 Å². The molecular weight excluding hydrogens is 318 g/mol. The molecule has 0 aliphatic rings. The molecule has 1 heterocycles. The maximum absolute atomic E-state index is 13.0. The van der Waals surface area contributed by atoms with E-state index in [0.717, 1.165) is 4.31 Å². The van der Waals surface area contributed by atoms with Crippen molar-refractivity contribution in [2.45, 2.75) is 24.3 Å². The molecule has 0 radical (unpaired) electrons. The van der Waals surface area contributed by atoms with Gasteiger partial charge in [-0.05, 0) is 18.6 Å². The molecule has 0 saturated heterocycles. The van der Waals surface area contributed by atoms with Crippen molar-refractivity contribution in [3.05, 3.63) is 42.7 Å². The Kier molecular flexibility index (Phi) is 5.05. The quantitative estimate of drug-likeness (QED) is 0.747. The molecule has 7 nitrogen and oxygen atoms in total. The number of para-hydroxylation sites is 1. The highest BCUT2D eigenvalue weighted by Crippen LogP contribution is 2.27. The number of hydrogen-bond donors (Lipinski definition) is 0. The number of anilines is 1. The third-order valence-electron chi connectivity index (χ3n) is 3.39. The van der Waals surface area contributed by atoms with Gasteiger partial charge >= 0.3 is 5.97 Å². The Morgan fingerprint density at radius 1 is 1.35 bits per heavy atom. The van der Waals surface area contributed by atoms with Gasteiger partial charge in [0.2, 0.25) is 0 Å². The highest BCUT2D eigenvalue weighted by molar-refractivity contribution is 7.92. The first-order valence-electron chi connectivity index (χ1n) is 7.07. The normalized spacial score (nSPS) is 12.7. The number of ether oxygens (including phenoxy) is 1. The van der Waals surface area contributed by atoms with Crippen LogP contribution in [0.3, 0.4) is 0 Å². The molecule has 8 heteroatoms. The predicted octanol–water partition coefficient (Wildman–Crippen LogP) is 1.57. The number of hydrogen-bond acceptors (Lipinski definition) is 5. The largest absolute Gasteiger partial charge is 0.467 e. The van der Waals surface area contributed by atoms with E-state index in [9.17, 15) is 13.2 Å². The number of aromatic nitrogens is 2. The molecule has 0 bridgehead atoms. The second-order valence-electron chi connectivity index (χ2n) is 4.93. The fourth-order valence-corrected chi connectivity index (χ4v) is 3.93. The average Bonchev–Trinajstić information content (AvgIpc) is 2.99. The number of aryl methyl sites for hydroxylation is 1. The molecule has 0 aliphatic carbocycles. The summed E-state index contributed by atoms with van der Waals surface area (Å²) < 4.78 is 33.3. The molecule has 1 aromatic heterocycles. The standard InChI is InChI=1S/C15H19N3O4S/c1-4-14(15(19)22-3)18(12-8-6-5-7-9-12)23(20,21)13-10-16-17(2)11-13/h5-11,14H,4H2,1-3H3. The van der Waals surface area contributed by atoms with Crippen LogP contribution in [0.25, 0.3) is 0 Å². The van der Waals surface area contributed by atoms with Gasteiger partial charge in [-0.3, -0.25) is 8.99 Å². The van der Waals surface area contributed by atoms with E-state index in [2.05, 4.69) is 5.10 Å². The Morgan fingerprint density at radius 3 is 2.48 bits per heavy atom. The number of benzene rings is 1. The van der Waals surface area contributed by atoms with Crippen LogP contribution in [0, 0.1) is 0 Å². The highest BCUT2D eigenvalue weighted by atomic mass is 32.2. The van der Waals surface area contributed by atoms with Gasteiger partial charge < -0.3 is 4.74 Å². The zero-order chi connectivity index (χ0) is 17.0. The van der Waals surface area contributed by atoms with Crippen LogP contribution in [0.4, 0.5) is 5.69 Å². The lowest BCUT2D eigenvalue weighted by Crippen LogP contribution is -2.45. The first-order valence-corrected chi connectivity index (χ1v) is 8.51. The fraction of sp³-hybridized carbons (Fsp3) is 0.333. The third kappa shape index (κ3) is 3.37. The summed E-state index contributed by atoms with van der Waals surface area (Å²) in [6.45, 7) is 1.73. The summed E-state index contributed by atoms with van der Waals surface area (Å²) in [5.74, 6) is -0.608. The van der Waals surface area contributed by atoms with Gasteiger partial charge in [-0.25, -0.2) is 13.2 Å². The summed E-state index contributed by atoms with van der Waals surface area (Å²) in [5.41, 5.74) is 0.397. The van der Waals surface area contributed by atoms with Gasteiger partial charge in [0, 0.05) is 13.2 Å². The molecule has 1 atom stereocenters. The molecule has 2 aromatic rings. The summed E-state index contributed by atoms with van der Waals surface area (Å²) in [7, 11) is -1.08. The van der Waals surface area contributed by atoms with Crippen LogP contribution in [0.2, 0.25) is 0 Å². The fourth-order valence-electron chi connectivity index (χ4n) is 2.27. The minimum Gasteiger partial charge on any atom is -0.467 e. The molecule has 23 heavy (non-hydrogen) atoms. The van der Waals surface area contributed by atoms with Gasteiger partial charge in [-0.2, -0.15) is 5.10 Å². The minimum absolute atomic E-state index is 0.0196. The van der Waals surface area contributed by atoms with E-state index in [1.165, 1.54) is 24.2 Å². The molecule has 1 unspecified atom stereocenters. The van der Waals surface area contributed by atoms with E-state index in [-0.39, 0.29) is 11.3 Å². The molecule has 2 rings (SSSR count). The molecule has 0 aliphatic heterocycles. The Hall–Kier alpha value is -2.35. The van der Waals surface area contributed by atoms with Crippen molar-refractivity contribution < 1.29 is 17.9 Å². The number of esters is 1. The van der Waals surface area contributed by atoms with Crippen LogP contribution < -0.4 is 4.31 Å². The molecule has 0 amide bonds. The number of carbonyl (C=O) groups excluding carboxylic acids is 1. The molecule has 0 N–H and O–H groups in total. The van der Waals surface area contributed by atoms with E-state index < -0.39 is 22.0 Å². The summed E-state index contributed by atoms with van der Waals surface area (Å²) in [6.07, 6.45) is 2.94. The van der Waals surface area contributed by atoms with Gasteiger partial charge in [-0.15, -0.1) is 0 Å². The SMILES string of the molecule is CCC(C(=O)OC)N(c1ccccc1)S(=O)(=O)c1cnn(C)c1. The molecule has 0 fully saturated rings. The molecular formula is C15H19N3O4S. The number of sulfonamides is 1. The molecule has 1 aromatic carbocycles. The minimum atomic E-state index is -3.95. The van der Waals surface area contributed by atoms with Crippen LogP contribution in [0.5, 0.6) is 0 Å². The topological polar surface area (TPSA) is 81.5 Å². The van der Waals surface area contributed by atoms with Gasteiger partial charge in [-0.1, -0.05) is 25.1 Å². The smallest absolute Gasteiger partial charge is 0.329 e. The zero-order valence-electron chi connectivity index (χ0n) is 13.2. The van der Waals surface area contributed by atoms with Crippen LogP contribution in [-0.2, 0) is 26.6 Å². The van der Waals surface area contributed by atoms with E-state index in [0.29, 0.717) is 5.69 Å².